The van der Waals surface area contributed by atoms with Gasteiger partial charge in [-0.2, -0.15) is 5.10 Å². The minimum absolute atomic E-state index is 0.242. The maximum absolute atomic E-state index is 12.8. The number of esters is 1. The number of ether oxygens (including phenoxy) is 1. The molecule has 1 aromatic carbocycles. The Bertz CT molecular complexity index is 806. The van der Waals surface area contributed by atoms with E-state index in [9.17, 15) is 19.2 Å². The zero-order valence-electron chi connectivity index (χ0n) is 12.7. The molecule has 3 rings (SSSR count). The van der Waals surface area contributed by atoms with Crippen LogP contribution >= 0.6 is 15.9 Å². The highest BCUT2D eigenvalue weighted by molar-refractivity contribution is 9.10. The molecule has 24 heavy (non-hydrogen) atoms. The fourth-order valence-electron chi connectivity index (χ4n) is 2.82. The van der Waals surface area contributed by atoms with Crippen LogP contribution in [0.1, 0.15) is 6.92 Å². The number of fused-ring (bicyclic) bond motifs is 1. The molecule has 1 aromatic rings. The van der Waals surface area contributed by atoms with Crippen molar-refractivity contribution in [1.82, 2.24) is 5.01 Å². The fourth-order valence-corrected chi connectivity index (χ4v) is 3.21. The number of hydrogen-bond donors (Lipinski definition) is 0. The molecule has 0 aromatic heterocycles. The van der Waals surface area contributed by atoms with Gasteiger partial charge >= 0.3 is 5.97 Å². The number of benzene rings is 1. The molecule has 2 atom stereocenters. The van der Waals surface area contributed by atoms with E-state index < -0.39 is 35.7 Å². The molecule has 1 fully saturated rings. The number of anilines is 1. The Labute approximate surface area is 145 Å². The highest BCUT2D eigenvalue weighted by atomic mass is 79.9. The van der Waals surface area contributed by atoms with Gasteiger partial charge in [-0.3, -0.25) is 14.4 Å². The summed E-state index contributed by atoms with van der Waals surface area (Å²) in [5.74, 6) is -3.77. The van der Waals surface area contributed by atoms with Crippen molar-refractivity contribution in [1.29, 1.82) is 0 Å². The number of amides is 3. The van der Waals surface area contributed by atoms with E-state index in [0.29, 0.717) is 10.2 Å². The number of rotatable bonds is 2. The van der Waals surface area contributed by atoms with Crippen LogP contribution in [0.4, 0.5) is 5.69 Å². The van der Waals surface area contributed by atoms with Crippen LogP contribution in [0.5, 0.6) is 0 Å². The highest BCUT2D eigenvalue weighted by Gasteiger charge is 2.59. The Morgan fingerprint density at radius 1 is 1.25 bits per heavy atom. The average molecular weight is 394 g/mol. The monoisotopic (exact) mass is 393 g/mol. The molecule has 3 amide bonds. The zero-order chi connectivity index (χ0) is 17.6. The summed E-state index contributed by atoms with van der Waals surface area (Å²) in [5, 5.41) is 4.71. The molecule has 0 bridgehead atoms. The van der Waals surface area contributed by atoms with E-state index in [1.807, 2.05) is 0 Å². The standard InChI is InChI=1S/C15H12BrN3O5/c1-7(20)19-12-10(11(17-19)15(23)24-2)13(21)18(14(12)22)9-5-3-4-8(16)6-9/h3-6,10,12H,1-2H3/t10-,12-/m1/s1. The van der Waals surface area contributed by atoms with Gasteiger partial charge in [-0.05, 0) is 18.2 Å². The smallest absolute Gasteiger partial charge is 0.355 e. The molecule has 2 aliphatic rings. The van der Waals surface area contributed by atoms with Gasteiger partial charge in [0.25, 0.3) is 5.91 Å². The molecule has 124 valence electrons. The van der Waals surface area contributed by atoms with Gasteiger partial charge in [0.1, 0.15) is 5.92 Å². The Hall–Kier alpha value is -2.55. The van der Waals surface area contributed by atoms with Gasteiger partial charge in [-0.25, -0.2) is 14.7 Å². The summed E-state index contributed by atoms with van der Waals surface area (Å²) in [4.78, 5) is 50.2. The third-order valence-electron chi connectivity index (χ3n) is 3.83. The number of halogens is 1. The average Bonchev–Trinajstić information content (AvgIpc) is 3.05. The molecular formula is C15H12BrN3O5. The van der Waals surface area contributed by atoms with Crippen molar-refractivity contribution in [2.24, 2.45) is 11.0 Å². The van der Waals surface area contributed by atoms with Crippen molar-refractivity contribution in [3.8, 4) is 0 Å². The number of hydrazone groups is 1. The van der Waals surface area contributed by atoms with Crippen molar-refractivity contribution in [2.75, 3.05) is 12.0 Å². The van der Waals surface area contributed by atoms with Crippen LogP contribution in [0.3, 0.4) is 0 Å². The summed E-state index contributed by atoms with van der Waals surface area (Å²) >= 11 is 3.28. The molecular weight excluding hydrogens is 382 g/mol. The van der Waals surface area contributed by atoms with E-state index in [1.54, 1.807) is 24.3 Å². The van der Waals surface area contributed by atoms with Crippen LogP contribution in [-0.2, 0) is 23.9 Å². The molecule has 0 saturated carbocycles. The lowest BCUT2D eigenvalue weighted by atomic mass is 9.98. The Morgan fingerprint density at radius 3 is 2.54 bits per heavy atom. The quantitative estimate of drug-likeness (QED) is 0.544. The molecule has 2 aliphatic heterocycles. The molecule has 0 unspecified atom stereocenters. The van der Waals surface area contributed by atoms with Crippen LogP contribution in [0, 0.1) is 5.92 Å². The summed E-state index contributed by atoms with van der Waals surface area (Å²) in [6, 6.07) is 5.45. The Morgan fingerprint density at radius 2 is 1.96 bits per heavy atom. The van der Waals surface area contributed by atoms with E-state index in [2.05, 4.69) is 25.8 Å². The van der Waals surface area contributed by atoms with Crippen LogP contribution in [0.15, 0.2) is 33.8 Å². The van der Waals surface area contributed by atoms with E-state index >= 15 is 0 Å². The van der Waals surface area contributed by atoms with Crippen molar-refractivity contribution in [2.45, 2.75) is 13.0 Å². The van der Waals surface area contributed by atoms with Gasteiger partial charge in [-0.15, -0.1) is 0 Å². The summed E-state index contributed by atoms with van der Waals surface area (Å²) in [5.41, 5.74) is 0.107. The topological polar surface area (TPSA) is 96.3 Å². The largest absolute Gasteiger partial charge is 0.464 e. The first-order valence-electron chi connectivity index (χ1n) is 6.96. The molecule has 2 heterocycles. The van der Waals surface area contributed by atoms with Gasteiger partial charge in [-0.1, -0.05) is 22.0 Å². The van der Waals surface area contributed by atoms with Crippen molar-refractivity contribution < 1.29 is 23.9 Å². The number of carbonyl (C=O) groups excluding carboxylic acids is 4. The summed E-state index contributed by atoms with van der Waals surface area (Å²) in [6.07, 6.45) is 0. The van der Waals surface area contributed by atoms with Crippen LogP contribution < -0.4 is 4.90 Å². The molecule has 1 saturated heterocycles. The van der Waals surface area contributed by atoms with Crippen molar-refractivity contribution >= 4 is 51.0 Å². The third kappa shape index (κ3) is 2.32. The summed E-state index contributed by atoms with van der Waals surface area (Å²) in [6.45, 7) is 1.21. The van der Waals surface area contributed by atoms with E-state index in [0.717, 1.165) is 17.0 Å². The minimum Gasteiger partial charge on any atom is -0.464 e. The zero-order valence-corrected chi connectivity index (χ0v) is 14.3. The Balaban J connectivity index is 2.07. The van der Waals surface area contributed by atoms with Crippen LogP contribution in [-0.4, -0.2) is 47.6 Å². The second-order valence-corrected chi connectivity index (χ2v) is 6.17. The lowest BCUT2D eigenvalue weighted by molar-refractivity contribution is -0.136. The second-order valence-electron chi connectivity index (χ2n) is 5.25. The molecule has 0 spiro atoms. The predicted octanol–water partition coefficient (Wildman–Crippen LogP) is 0.698. The molecule has 0 radical (unpaired) electrons. The predicted molar refractivity (Wildman–Crippen MR) is 85.9 cm³/mol. The van der Waals surface area contributed by atoms with Gasteiger partial charge in [0, 0.05) is 11.4 Å². The number of hydrogen-bond acceptors (Lipinski definition) is 6. The lowest BCUT2D eigenvalue weighted by Gasteiger charge is -2.19. The SMILES string of the molecule is COC(=O)C1=NN(C(C)=O)[C@H]2C(=O)N(c3cccc(Br)c3)C(=O)[C@H]12. The number of carbonyl (C=O) groups is 4. The van der Waals surface area contributed by atoms with Crippen LogP contribution in [0.2, 0.25) is 0 Å². The van der Waals surface area contributed by atoms with Gasteiger partial charge < -0.3 is 4.74 Å². The van der Waals surface area contributed by atoms with E-state index in [1.165, 1.54) is 6.92 Å². The van der Waals surface area contributed by atoms with Crippen molar-refractivity contribution in [3.63, 3.8) is 0 Å². The first-order chi connectivity index (χ1) is 11.4. The van der Waals surface area contributed by atoms with E-state index in [4.69, 9.17) is 0 Å². The Kier molecular flexibility index (Phi) is 3.96. The second kappa shape index (κ2) is 5.82. The van der Waals surface area contributed by atoms with Crippen LogP contribution in [0.25, 0.3) is 0 Å². The number of imide groups is 1. The molecule has 8 nitrogen and oxygen atoms in total. The highest BCUT2D eigenvalue weighted by Crippen LogP contribution is 2.36. The summed E-state index contributed by atoms with van der Waals surface area (Å²) < 4.78 is 5.30. The van der Waals surface area contributed by atoms with Gasteiger partial charge in [0.2, 0.25) is 11.8 Å². The first kappa shape index (κ1) is 16.3. The maximum atomic E-state index is 12.8. The molecule has 0 N–H and O–H groups in total. The fraction of sp³-hybridized carbons (Fsp3) is 0.267. The van der Waals surface area contributed by atoms with Gasteiger partial charge in [0.05, 0.1) is 12.8 Å². The number of methoxy groups -OCH3 is 1. The van der Waals surface area contributed by atoms with Gasteiger partial charge in [0.15, 0.2) is 11.8 Å². The summed E-state index contributed by atoms with van der Waals surface area (Å²) in [7, 11) is 1.14. The lowest BCUT2D eigenvalue weighted by Crippen LogP contribution is -2.41. The molecule has 9 heteroatoms. The number of nitrogens with zero attached hydrogens (tertiary/aromatic N) is 3. The minimum atomic E-state index is -1.16. The first-order valence-corrected chi connectivity index (χ1v) is 7.76. The normalized spacial score (nSPS) is 22.5. The maximum Gasteiger partial charge on any atom is 0.355 e. The van der Waals surface area contributed by atoms with E-state index in [-0.39, 0.29) is 5.71 Å². The third-order valence-corrected chi connectivity index (χ3v) is 4.33. The molecule has 0 aliphatic carbocycles. The van der Waals surface area contributed by atoms with Crippen molar-refractivity contribution in [3.05, 3.63) is 28.7 Å².